The van der Waals surface area contributed by atoms with E-state index in [1.807, 2.05) is 0 Å². The molecule has 0 amide bonds. The summed E-state index contributed by atoms with van der Waals surface area (Å²) in [6.07, 6.45) is 36.4. The molecule has 3 N–H and O–H groups in total. The largest absolute Gasteiger partial charge is 0.480 e. The minimum Gasteiger partial charge on any atom is -0.480 e. The third-order valence-corrected chi connectivity index (χ3v) is 8.68. The van der Waals surface area contributed by atoms with E-state index < -0.39 is 12.0 Å². The molecule has 0 bridgehead atoms. The Morgan fingerprint density at radius 2 is 0.930 bits per heavy atom. The van der Waals surface area contributed by atoms with Crippen molar-refractivity contribution < 1.29 is 24.5 Å². The van der Waals surface area contributed by atoms with Crippen LogP contribution in [0.1, 0.15) is 200 Å². The Kier molecular flexibility index (Phi) is 32.9. The van der Waals surface area contributed by atoms with Crippen LogP contribution in [0.25, 0.3) is 0 Å². The van der Waals surface area contributed by atoms with Gasteiger partial charge in [-0.15, -0.1) is 0 Å². The highest BCUT2D eigenvalue weighted by molar-refractivity contribution is 5.74. The van der Waals surface area contributed by atoms with Crippen molar-refractivity contribution >= 4 is 11.9 Å². The summed E-state index contributed by atoms with van der Waals surface area (Å²) in [7, 11) is 0. The molecule has 1 aliphatic rings. The molecule has 1 aliphatic heterocycles. The lowest BCUT2D eigenvalue weighted by Gasteiger charge is -2.10. The molecule has 0 aliphatic carbocycles. The number of aliphatic hydroxyl groups is 1. The van der Waals surface area contributed by atoms with Crippen molar-refractivity contribution in [2.24, 2.45) is 0 Å². The lowest BCUT2D eigenvalue weighted by atomic mass is 10.0. The molecule has 1 saturated heterocycles. The number of nitrogens with one attached hydrogen (secondary N) is 1. The van der Waals surface area contributed by atoms with Gasteiger partial charge in [-0.3, -0.25) is 9.59 Å². The standard InChI is InChI=1S/C21H39NO4.C16H34O/c1-2-3-4-5-6-7-8-9-10-11-12-13-14-15-20(23)26-18-16-19(21(24)25)22-17-18;1-2-3-4-5-6-7-8-9-10-11-12-13-14-15-16-17/h18-19,22H,2-17H2,1H3,(H,24,25);17H,2-16H2,1H3/t18-,19+;/m1./s1. The highest BCUT2D eigenvalue weighted by Gasteiger charge is 2.31. The van der Waals surface area contributed by atoms with E-state index in [1.165, 1.54) is 154 Å². The maximum atomic E-state index is 11.8. The van der Waals surface area contributed by atoms with Gasteiger partial charge in [0, 0.05) is 26.0 Å². The number of carbonyl (C=O) groups is 2. The van der Waals surface area contributed by atoms with E-state index in [0.29, 0.717) is 26.0 Å². The number of unbranched alkanes of at least 4 members (excludes halogenated alkanes) is 25. The molecule has 6 nitrogen and oxygen atoms in total. The first-order valence-electron chi connectivity index (χ1n) is 18.8. The summed E-state index contributed by atoms with van der Waals surface area (Å²) in [6.45, 7) is 5.35. The molecule has 0 unspecified atom stereocenters. The molecule has 0 radical (unpaired) electrons. The molecular formula is C37H73NO5. The summed E-state index contributed by atoms with van der Waals surface area (Å²) in [5.74, 6) is -1.06. The molecule has 256 valence electrons. The van der Waals surface area contributed by atoms with E-state index >= 15 is 0 Å². The second kappa shape index (κ2) is 33.7. The number of aliphatic hydroxyl groups excluding tert-OH is 1. The molecule has 0 spiro atoms. The van der Waals surface area contributed by atoms with Crippen molar-refractivity contribution in [1.82, 2.24) is 5.32 Å². The van der Waals surface area contributed by atoms with Crippen molar-refractivity contribution in [3.05, 3.63) is 0 Å². The van der Waals surface area contributed by atoms with E-state index in [0.717, 1.165) is 19.3 Å². The third kappa shape index (κ3) is 30.7. The first kappa shape index (κ1) is 41.9. The van der Waals surface area contributed by atoms with Crippen molar-refractivity contribution in [3.8, 4) is 0 Å². The normalized spacial score (nSPS) is 16.2. The second-order valence-corrected chi connectivity index (χ2v) is 13.0. The van der Waals surface area contributed by atoms with Crippen molar-refractivity contribution in [2.45, 2.75) is 212 Å². The Morgan fingerprint density at radius 3 is 1.26 bits per heavy atom. The van der Waals surface area contributed by atoms with Gasteiger partial charge in [0.25, 0.3) is 0 Å². The zero-order valence-corrected chi connectivity index (χ0v) is 28.7. The average Bonchev–Trinajstić information content (AvgIpc) is 3.47. The highest BCUT2D eigenvalue weighted by atomic mass is 16.5. The Hall–Kier alpha value is -1.14. The topological polar surface area (TPSA) is 95.9 Å². The van der Waals surface area contributed by atoms with E-state index in [4.69, 9.17) is 14.9 Å². The SMILES string of the molecule is CCCCCCCCCCCCCCCC(=O)O[C@H]1CN[C@H](C(=O)O)C1.CCCCCCCCCCCCCCCCO. The molecular weight excluding hydrogens is 538 g/mol. The maximum absolute atomic E-state index is 11.8. The molecule has 0 aromatic heterocycles. The predicted molar refractivity (Wildman–Crippen MR) is 182 cm³/mol. The van der Waals surface area contributed by atoms with Crippen LogP contribution in [0, 0.1) is 0 Å². The van der Waals surface area contributed by atoms with Gasteiger partial charge in [0.2, 0.25) is 0 Å². The van der Waals surface area contributed by atoms with E-state index in [2.05, 4.69) is 19.2 Å². The molecule has 0 aromatic rings. The van der Waals surface area contributed by atoms with Crippen LogP contribution in [0.5, 0.6) is 0 Å². The van der Waals surface area contributed by atoms with E-state index in [-0.39, 0.29) is 12.1 Å². The van der Waals surface area contributed by atoms with Crippen LogP contribution < -0.4 is 5.32 Å². The van der Waals surface area contributed by atoms with E-state index in [1.54, 1.807) is 0 Å². The van der Waals surface area contributed by atoms with Gasteiger partial charge in [0.1, 0.15) is 12.1 Å². The number of ether oxygens (including phenoxy) is 1. The van der Waals surface area contributed by atoms with Gasteiger partial charge in [-0.05, 0) is 12.8 Å². The number of carboxylic acids is 1. The van der Waals surface area contributed by atoms with E-state index in [9.17, 15) is 9.59 Å². The van der Waals surface area contributed by atoms with Crippen molar-refractivity contribution in [2.75, 3.05) is 13.2 Å². The summed E-state index contributed by atoms with van der Waals surface area (Å²) >= 11 is 0. The number of hydrogen-bond donors (Lipinski definition) is 3. The molecule has 1 fully saturated rings. The van der Waals surface area contributed by atoms with Crippen LogP contribution in [0.15, 0.2) is 0 Å². The molecule has 2 atom stereocenters. The summed E-state index contributed by atoms with van der Waals surface area (Å²) in [5, 5.41) is 20.4. The quantitative estimate of drug-likeness (QED) is 0.0552. The van der Waals surface area contributed by atoms with Crippen LogP contribution in [-0.4, -0.2) is 47.4 Å². The van der Waals surface area contributed by atoms with Crippen LogP contribution in [0.4, 0.5) is 0 Å². The summed E-state index contributed by atoms with van der Waals surface area (Å²) < 4.78 is 5.33. The van der Waals surface area contributed by atoms with Gasteiger partial charge in [-0.2, -0.15) is 0 Å². The number of carboxylic acid groups (broad SMARTS) is 1. The lowest BCUT2D eigenvalue weighted by molar-refractivity contribution is -0.149. The number of rotatable bonds is 30. The van der Waals surface area contributed by atoms with Gasteiger partial charge < -0.3 is 20.3 Å². The van der Waals surface area contributed by atoms with Crippen molar-refractivity contribution in [3.63, 3.8) is 0 Å². The second-order valence-electron chi connectivity index (χ2n) is 13.0. The average molecular weight is 612 g/mol. The monoisotopic (exact) mass is 612 g/mol. The number of hydrogen-bond acceptors (Lipinski definition) is 5. The fourth-order valence-electron chi connectivity index (χ4n) is 5.82. The Morgan fingerprint density at radius 1 is 0.581 bits per heavy atom. The minimum absolute atomic E-state index is 0.189. The predicted octanol–water partition coefficient (Wildman–Crippen LogP) is 10.3. The fraction of sp³-hybridized carbons (Fsp3) is 0.946. The summed E-state index contributed by atoms with van der Waals surface area (Å²) in [6, 6.07) is -0.579. The Balaban J connectivity index is 0.000000901. The fourth-order valence-corrected chi connectivity index (χ4v) is 5.82. The summed E-state index contributed by atoms with van der Waals surface area (Å²) in [4.78, 5) is 22.6. The molecule has 0 aromatic carbocycles. The number of carbonyl (C=O) groups excluding carboxylic acids is 1. The lowest BCUT2D eigenvalue weighted by Crippen LogP contribution is -2.30. The number of esters is 1. The first-order valence-corrected chi connectivity index (χ1v) is 18.8. The Bertz CT molecular complexity index is 586. The smallest absolute Gasteiger partial charge is 0.320 e. The van der Waals surface area contributed by atoms with Crippen LogP contribution in [0.2, 0.25) is 0 Å². The molecule has 6 heteroatoms. The van der Waals surface area contributed by atoms with Gasteiger partial charge in [0.05, 0.1) is 0 Å². The molecule has 0 saturated carbocycles. The highest BCUT2D eigenvalue weighted by Crippen LogP contribution is 2.16. The minimum atomic E-state index is -0.875. The van der Waals surface area contributed by atoms with Crippen LogP contribution in [-0.2, 0) is 14.3 Å². The third-order valence-electron chi connectivity index (χ3n) is 8.68. The van der Waals surface area contributed by atoms with Crippen LogP contribution >= 0.6 is 0 Å². The van der Waals surface area contributed by atoms with Gasteiger partial charge in [-0.25, -0.2) is 0 Å². The number of aliphatic carboxylic acids is 1. The molecule has 1 heterocycles. The van der Waals surface area contributed by atoms with Crippen molar-refractivity contribution in [1.29, 1.82) is 0 Å². The maximum Gasteiger partial charge on any atom is 0.320 e. The summed E-state index contributed by atoms with van der Waals surface area (Å²) in [5.41, 5.74) is 0. The van der Waals surface area contributed by atoms with Gasteiger partial charge >= 0.3 is 11.9 Å². The first-order chi connectivity index (χ1) is 21.0. The van der Waals surface area contributed by atoms with Crippen LogP contribution in [0.3, 0.4) is 0 Å². The molecule has 1 rings (SSSR count). The zero-order valence-electron chi connectivity index (χ0n) is 28.7. The Labute approximate surface area is 266 Å². The van der Waals surface area contributed by atoms with Gasteiger partial charge in [-0.1, -0.05) is 174 Å². The van der Waals surface area contributed by atoms with Gasteiger partial charge in [0.15, 0.2) is 0 Å². The zero-order chi connectivity index (χ0) is 31.6. The molecule has 43 heavy (non-hydrogen) atoms.